The second-order valence-corrected chi connectivity index (χ2v) is 3.71. The molecule has 0 radical (unpaired) electrons. The van der Waals surface area contributed by atoms with Crippen LogP contribution in [0.3, 0.4) is 0 Å². The van der Waals surface area contributed by atoms with E-state index in [1.807, 2.05) is 11.9 Å². The second-order valence-electron chi connectivity index (χ2n) is 3.71. The number of hydrogen-bond donors (Lipinski definition) is 1. The third-order valence-electron chi connectivity index (χ3n) is 2.67. The molecule has 0 atom stereocenters. The number of nitrogens with two attached hydrogens (primary N) is 1. The summed E-state index contributed by atoms with van der Waals surface area (Å²) in [5.74, 6) is 0.800. The Hall–Kier alpha value is -1.71. The van der Waals surface area contributed by atoms with Crippen LogP contribution in [-0.4, -0.2) is 26.5 Å². The second kappa shape index (κ2) is 3.46. The molecule has 1 aromatic carbocycles. The highest BCUT2D eigenvalue weighted by molar-refractivity contribution is 6.05. The Kier molecular flexibility index (Phi) is 2.26. The Morgan fingerprint density at radius 1 is 1.47 bits per heavy atom. The van der Waals surface area contributed by atoms with Crippen LogP contribution in [0.15, 0.2) is 12.1 Å². The average molecular weight is 206 g/mol. The molecule has 1 aliphatic rings. The number of ether oxygens (including phenoxy) is 1. The minimum absolute atomic E-state index is 0.133. The van der Waals surface area contributed by atoms with Crippen LogP contribution in [0.25, 0.3) is 0 Å². The van der Waals surface area contributed by atoms with Crippen LogP contribution in [0.4, 0.5) is 11.4 Å². The van der Waals surface area contributed by atoms with Crippen LogP contribution in [0.1, 0.15) is 16.8 Å². The standard InChI is InChI=1S/C11H14N2O2/c1-13-4-3-9(14)8-5-7(12)6-10(15-2)11(8)13/h5-6H,3-4,12H2,1-2H3. The van der Waals surface area contributed by atoms with Crippen LogP contribution < -0.4 is 15.4 Å². The third kappa shape index (κ3) is 1.52. The maximum Gasteiger partial charge on any atom is 0.166 e. The van der Waals surface area contributed by atoms with Crippen LogP contribution in [0.2, 0.25) is 0 Å². The lowest BCUT2D eigenvalue weighted by Crippen LogP contribution is -2.28. The zero-order valence-electron chi connectivity index (χ0n) is 8.91. The van der Waals surface area contributed by atoms with Crippen LogP contribution in [0, 0.1) is 0 Å². The molecule has 80 valence electrons. The van der Waals surface area contributed by atoms with Gasteiger partial charge >= 0.3 is 0 Å². The van der Waals surface area contributed by atoms with Gasteiger partial charge in [-0.05, 0) is 6.07 Å². The summed E-state index contributed by atoms with van der Waals surface area (Å²) >= 11 is 0. The summed E-state index contributed by atoms with van der Waals surface area (Å²) in [7, 11) is 3.53. The van der Waals surface area contributed by atoms with Gasteiger partial charge in [0.2, 0.25) is 0 Å². The molecule has 1 aromatic rings. The Morgan fingerprint density at radius 2 is 2.20 bits per heavy atom. The molecule has 0 fully saturated rings. The summed E-state index contributed by atoms with van der Waals surface area (Å²) in [5, 5.41) is 0. The Labute approximate surface area is 88.6 Å². The number of hydrogen-bond acceptors (Lipinski definition) is 4. The number of nitrogen functional groups attached to an aromatic ring is 1. The topological polar surface area (TPSA) is 55.6 Å². The van der Waals surface area contributed by atoms with Gasteiger partial charge in [0, 0.05) is 37.3 Å². The molecule has 4 heteroatoms. The molecule has 0 spiro atoms. The molecule has 0 unspecified atom stereocenters. The first kappa shape index (κ1) is 9.83. The summed E-state index contributed by atoms with van der Waals surface area (Å²) in [4.78, 5) is 13.7. The number of benzene rings is 1. The van der Waals surface area contributed by atoms with Gasteiger partial charge < -0.3 is 15.4 Å². The van der Waals surface area contributed by atoms with E-state index in [4.69, 9.17) is 10.5 Å². The first-order valence-electron chi connectivity index (χ1n) is 4.85. The predicted octanol–water partition coefficient (Wildman–Crippen LogP) is 1.30. The molecular formula is C11H14N2O2. The van der Waals surface area contributed by atoms with Gasteiger partial charge in [0.1, 0.15) is 5.75 Å². The number of carbonyl (C=O) groups is 1. The first-order valence-corrected chi connectivity index (χ1v) is 4.85. The minimum Gasteiger partial charge on any atom is -0.494 e. The van der Waals surface area contributed by atoms with Crippen molar-refractivity contribution >= 4 is 17.2 Å². The van der Waals surface area contributed by atoms with Crippen molar-refractivity contribution in [2.45, 2.75) is 6.42 Å². The molecule has 0 saturated heterocycles. The summed E-state index contributed by atoms with van der Waals surface area (Å²) in [5.41, 5.74) is 7.80. The largest absolute Gasteiger partial charge is 0.494 e. The van der Waals surface area contributed by atoms with Gasteiger partial charge in [0.15, 0.2) is 5.78 Å². The molecule has 15 heavy (non-hydrogen) atoms. The molecule has 0 bridgehead atoms. The number of nitrogens with zero attached hydrogens (tertiary/aromatic N) is 1. The molecule has 2 N–H and O–H groups in total. The van der Waals surface area contributed by atoms with E-state index in [2.05, 4.69) is 0 Å². The molecule has 0 aliphatic carbocycles. The monoisotopic (exact) mass is 206 g/mol. The van der Waals surface area contributed by atoms with E-state index in [1.54, 1.807) is 19.2 Å². The number of carbonyl (C=O) groups excluding carboxylic acids is 1. The average Bonchev–Trinajstić information content (AvgIpc) is 2.22. The highest BCUT2D eigenvalue weighted by Crippen LogP contribution is 2.37. The molecule has 1 heterocycles. The van der Waals surface area contributed by atoms with Crippen LogP contribution in [-0.2, 0) is 0 Å². The van der Waals surface area contributed by atoms with Gasteiger partial charge in [0.25, 0.3) is 0 Å². The van der Waals surface area contributed by atoms with Gasteiger partial charge in [0.05, 0.1) is 12.8 Å². The zero-order valence-corrected chi connectivity index (χ0v) is 8.91. The third-order valence-corrected chi connectivity index (χ3v) is 2.67. The van der Waals surface area contributed by atoms with Crippen LogP contribution in [0.5, 0.6) is 5.75 Å². The van der Waals surface area contributed by atoms with E-state index in [-0.39, 0.29) is 5.78 Å². The summed E-state index contributed by atoms with van der Waals surface area (Å²) < 4.78 is 5.24. The fraction of sp³-hybridized carbons (Fsp3) is 0.364. The highest BCUT2D eigenvalue weighted by Gasteiger charge is 2.24. The molecular weight excluding hydrogens is 192 g/mol. The number of ketones is 1. The summed E-state index contributed by atoms with van der Waals surface area (Å²) in [6, 6.07) is 3.46. The van der Waals surface area contributed by atoms with Gasteiger partial charge in [-0.15, -0.1) is 0 Å². The van der Waals surface area contributed by atoms with Gasteiger partial charge in [-0.25, -0.2) is 0 Å². The van der Waals surface area contributed by atoms with E-state index in [0.717, 1.165) is 12.2 Å². The first-order chi connectivity index (χ1) is 7.13. The van der Waals surface area contributed by atoms with Crippen molar-refractivity contribution in [2.75, 3.05) is 31.3 Å². The molecule has 2 rings (SSSR count). The van der Waals surface area contributed by atoms with Crippen molar-refractivity contribution in [3.05, 3.63) is 17.7 Å². The number of rotatable bonds is 1. The van der Waals surface area contributed by atoms with Crippen molar-refractivity contribution in [3.8, 4) is 5.75 Å². The Bertz CT molecular complexity index is 415. The van der Waals surface area contributed by atoms with E-state index >= 15 is 0 Å². The van der Waals surface area contributed by atoms with Crippen molar-refractivity contribution in [3.63, 3.8) is 0 Å². The fourth-order valence-electron chi connectivity index (χ4n) is 1.91. The summed E-state index contributed by atoms with van der Waals surface area (Å²) in [6.07, 6.45) is 0.538. The van der Waals surface area contributed by atoms with E-state index in [1.165, 1.54) is 0 Å². The molecule has 0 saturated carbocycles. The quantitative estimate of drug-likeness (QED) is 0.704. The normalized spacial score (nSPS) is 15.1. The number of anilines is 2. The van der Waals surface area contributed by atoms with Gasteiger partial charge in [-0.2, -0.15) is 0 Å². The lowest BCUT2D eigenvalue weighted by molar-refractivity contribution is 0.0980. The highest BCUT2D eigenvalue weighted by atomic mass is 16.5. The van der Waals surface area contributed by atoms with Crippen molar-refractivity contribution in [1.82, 2.24) is 0 Å². The zero-order chi connectivity index (χ0) is 11.0. The Balaban J connectivity index is 2.65. The van der Waals surface area contributed by atoms with Gasteiger partial charge in [-0.1, -0.05) is 0 Å². The SMILES string of the molecule is COc1cc(N)cc2c1N(C)CCC2=O. The molecule has 4 nitrogen and oxygen atoms in total. The lowest BCUT2D eigenvalue weighted by atomic mass is 9.99. The minimum atomic E-state index is 0.133. The maximum atomic E-state index is 11.7. The van der Waals surface area contributed by atoms with Crippen LogP contribution >= 0.6 is 0 Å². The Morgan fingerprint density at radius 3 is 2.87 bits per heavy atom. The maximum absolute atomic E-state index is 11.7. The fourth-order valence-corrected chi connectivity index (χ4v) is 1.91. The summed E-state index contributed by atoms with van der Waals surface area (Å²) in [6.45, 7) is 0.728. The molecule has 0 amide bonds. The van der Waals surface area contributed by atoms with Crippen molar-refractivity contribution in [2.24, 2.45) is 0 Å². The smallest absolute Gasteiger partial charge is 0.166 e. The predicted molar refractivity (Wildman–Crippen MR) is 59.6 cm³/mol. The number of Topliss-reactive ketones (excluding diaryl/α,β-unsaturated/α-hetero) is 1. The number of methoxy groups -OCH3 is 1. The van der Waals surface area contributed by atoms with Gasteiger partial charge in [-0.3, -0.25) is 4.79 Å². The molecule has 1 aliphatic heterocycles. The van der Waals surface area contributed by atoms with Crippen molar-refractivity contribution < 1.29 is 9.53 Å². The van der Waals surface area contributed by atoms with Crippen molar-refractivity contribution in [1.29, 1.82) is 0 Å². The molecule has 0 aromatic heterocycles. The number of fused-ring (bicyclic) bond motifs is 1. The van der Waals surface area contributed by atoms with E-state index in [0.29, 0.717) is 23.4 Å². The lowest BCUT2D eigenvalue weighted by Gasteiger charge is -2.28. The van der Waals surface area contributed by atoms with E-state index < -0.39 is 0 Å². The van der Waals surface area contributed by atoms with E-state index in [9.17, 15) is 4.79 Å².